The summed E-state index contributed by atoms with van der Waals surface area (Å²) >= 11 is 3.23. The number of hydrogen-bond acceptors (Lipinski definition) is 2. The summed E-state index contributed by atoms with van der Waals surface area (Å²) in [7, 11) is 0. The summed E-state index contributed by atoms with van der Waals surface area (Å²) in [5, 5.41) is 3.33. The highest BCUT2D eigenvalue weighted by molar-refractivity contribution is 9.10. The summed E-state index contributed by atoms with van der Waals surface area (Å²) < 4.78 is 19.2. The number of halogens is 2. The lowest BCUT2D eigenvalue weighted by atomic mass is 10.2. The van der Waals surface area contributed by atoms with E-state index in [4.69, 9.17) is 4.74 Å². The Bertz CT molecular complexity index is 324. The fourth-order valence-corrected chi connectivity index (χ4v) is 1.83. The van der Waals surface area contributed by atoms with Crippen molar-refractivity contribution < 1.29 is 9.13 Å². The number of rotatable bonds is 7. The molecule has 0 heterocycles. The standard InChI is InChI=1S/C13H19BrFNO/c1-10(2)9-16-4-3-5-17-13-7-11(14)6-12(15)8-13/h6-8,10,16H,3-5,9H2,1-2H3. The largest absolute Gasteiger partial charge is 0.493 e. The SMILES string of the molecule is CC(C)CNCCCOc1cc(F)cc(Br)c1. The van der Waals surface area contributed by atoms with E-state index in [9.17, 15) is 4.39 Å². The van der Waals surface area contributed by atoms with Crippen LogP contribution in [0.5, 0.6) is 5.75 Å². The van der Waals surface area contributed by atoms with Gasteiger partial charge < -0.3 is 10.1 Å². The van der Waals surface area contributed by atoms with Gasteiger partial charge in [-0.2, -0.15) is 0 Å². The van der Waals surface area contributed by atoms with Crippen molar-refractivity contribution in [3.05, 3.63) is 28.5 Å². The average molecular weight is 304 g/mol. The molecule has 96 valence electrons. The Labute approximate surface area is 111 Å². The number of nitrogens with one attached hydrogen (secondary N) is 1. The van der Waals surface area contributed by atoms with Gasteiger partial charge in [0.2, 0.25) is 0 Å². The van der Waals surface area contributed by atoms with Crippen LogP contribution in [0.1, 0.15) is 20.3 Å². The first-order valence-electron chi connectivity index (χ1n) is 5.87. The Morgan fingerprint density at radius 3 is 2.76 bits per heavy atom. The van der Waals surface area contributed by atoms with Crippen molar-refractivity contribution in [1.82, 2.24) is 5.32 Å². The van der Waals surface area contributed by atoms with Crippen LogP contribution in [0.15, 0.2) is 22.7 Å². The van der Waals surface area contributed by atoms with Gasteiger partial charge in [0.05, 0.1) is 6.61 Å². The molecule has 0 aliphatic heterocycles. The lowest BCUT2D eigenvalue weighted by Crippen LogP contribution is -2.22. The molecule has 1 N–H and O–H groups in total. The van der Waals surface area contributed by atoms with E-state index in [2.05, 4.69) is 35.1 Å². The Hall–Kier alpha value is -0.610. The summed E-state index contributed by atoms with van der Waals surface area (Å²) in [6, 6.07) is 4.58. The molecule has 0 amide bonds. The van der Waals surface area contributed by atoms with Gasteiger partial charge in [-0.1, -0.05) is 29.8 Å². The Morgan fingerprint density at radius 2 is 2.12 bits per heavy atom. The Kier molecular flexibility index (Phi) is 6.52. The van der Waals surface area contributed by atoms with Crippen molar-refractivity contribution in [2.75, 3.05) is 19.7 Å². The van der Waals surface area contributed by atoms with Gasteiger partial charge in [-0.05, 0) is 37.6 Å². The van der Waals surface area contributed by atoms with Gasteiger partial charge in [0.1, 0.15) is 11.6 Å². The Balaban J connectivity index is 2.18. The number of ether oxygens (including phenoxy) is 1. The molecule has 4 heteroatoms. The lowest BCUT2D eigenvalue weighted by Gasteiger charge is -2.09. The first-order chi connectivity index (χ1) is 8.08. The van der Waals surface area contributed by atoms with E-state index in [1.165, 1.54) is 12.1 Å². The van der Waals surface area contributed by atoms with Crippen molar-refractivity contribution in [2.45, 2.75) is 20.3 Å². The van der Waals surface area contributed by atoms with E-state index in [0.717, 1.165) is 19.5 Å². The first kappa shape index (κ1) is 14.5. The summed E-state index contributed by atoms with van der Waals surface area (Å²) in [4.78, 5) is 0. The van der Waals surface area contributed by atoms with Crippen LogP contribution in [-0.4, -0.2) is 19.7 Å². The normalized spacial score (nSPS) is 10.9. The van der Waals surface area contributed by atoms with Crippen molar-refractivity contribution in [2.24, 2.45) is 5.92 Å². The molecule has 0 bridgehead atoms. The van der Waals surface area contributed by atoms with Crippen molar-refractivity contribution in [3.8, 4) is 5.75 Å². The third-order valence-electron chi connectivity index (χ3n) is 2.16. The highest BCUT2D eigenvalue weighted by Crippen LogP contribution is 2.20. The molecule has 1 rings (SSSR count). The minimum atomic E-state index is -0.285. The lowest BCUT2D eigenvalue weighted by molar-refractivity contribution is 0.305. The van der Waals surface area contributed by atoms with Crippen molar-refractivity contribution in [1.29, 1.82) is 0 Å². The first-order valence-corrected chi connectivity index (χ1v) is 6.67. The fourth-order valence-electron chi connectivity index (χ4n) is 1.39. The molecule has 0 aromatic heterocycles. The van der Waals surface area contributed by atoms with Crippen LogP contribution in [0.25, 0.3) is 0 Å². The van der Waals surface area contributed by atoms with E-state index >= 15 is 0 Å². The smallest absolute Gasteiger partial charge is 0.128 e. The van der Waals surface area contributed by atoms with E-state index in [1.54, 1.807) is 6.07 Å². The van der Waals surface area contributed by atoms with Crippen LogP contribution in [0.4, 0.5) is 4.39 Å². The van der Waals surface area contributed by atoms with Gasteiger partial charge in [-0.15, -0.1) is 0 Å². The van der Waals surface area contributed by atoms with Gasteiger partial charge in [-0.25, -0.2) is 4.39 Å². The number of benzene rings is 1. The maximum Gasteiger partial charge on any atom is 0.128 e. The molecule has 0 unspecified atom stereocenters. The second-order valence-corrected chi connectivity index (χ2v) is 5.32. The second kappa shape index (κ2) is 7.67. The predicted octanol–water partition coefficient (Wildman–Crippen LogP) is 3.60. The minimum absolute atomic E-state index is 0.285. The minimum Gasteiger partial charge on any atom is -0.493 e. The summed E-state index contributed by atoms with van der Waals surface area (Å²) in [5.74, 6) is 0.947. The molecular weight excluding hydrogens is 285 g/mol. The van der Waals surface area contributed by atoms with Crippen LogP contribution in [0.3, 0.4) is 0 Å². The molecule has 0 atom stereocenters. The van der Waals surface area contributed by atoms with Crippen LogP contribution in [0.2, 0.25) is 0 Å². The Morgan fingerprint density at radius 1 is 1.35 bits per heavy atom. The van der Waals surface area contributed by atoms with Gasteiger partial charge >= 0.3 is 0 Å². The van der Waals surface area contributed by atoms with Crippen LogP contribution < -0.4 is 10.1 Å². The van der Waals surface area contributed by atoms with Crippen LogP contribution >= 0.6 is 15.9 Å². The van der Waals surface area contributed by atoms with Gasteiger partial charge in [-0.3, -0.25) is 0 Å². The van der Waals surface area contributed by atoms with Crippen molar-refractivity contribution in [3.63, 3.8) is 0 Å². The summed E-state index contributed by atoms with van der Waals surface area (Å²) in [6.45, 7) is 6.89. The van der Waals surface area contributed by atoms with E-state index in [-0.39, 0.29) is 5.82 Å². The summed E-state index contributed by atoms with van der Waals surface area (Å²) in [6.07, 6.45) is 0.918. The average Bonchev–Trinajstić information content (AvgIpc) is 2.21. The predicted molar refractivity (Wildman–Crippen MR) is 71.9 cm³/mol. The summed E-state index contributed by atoms with van der Waals surface area (Å²) in [5.41, 5.74) is 0. The zero-order chi connectivity index (χ0) is 12.7. The molecule has 2 nitrogen and oxygen atoms in total. The highest BCUT2D eigenvalue weighted by Gasteiger charge is 2.00. The third kappa shape index (κ3) is 6.64. The highest BCUT2D eigenvalue weighted by atomic mass is 79.9. The zero-order valence-corrected chi connectivity index (χ0v) is 11.9. The van der Waals surface area contributed by atoms with Crippen LogP contribution in [-0.2, 0) is 0 Å². The molecule has 0 radical (unpaired) electrons. The molecule has 0 saturated heterocycles. The molecular formula is C13H19BrFNO. The van der Waals surface area contributed by atoms with Crippen LogP contribution in [0, 0.1) is 11.7 Å². The molecule has 0 aliphatic carbocycles. The van der Waals surface area contributed by atoms with Crippen molar-refractivity contribution >= 4 is 15.9 Å². The van der Waals surface area contributed by atoms with E-state index < -0.39 is 0 Å². The topological polar surface area (TPSA) is 21.3 Å². The van der Waals surface area contributed by atoms with Gasteiger partial charge in [0, 0.05) is 10.5 Å². The molecule has 1 aromatic carbocycles. The molecule has 0 spiro atoms. The monoisotopic (exact) mass is 303 g/mol. The molecule has 17 heavy (non-hydrogen) atoms. The molecule has 0 saturated carbocycles. The number of hydrogen-bond donors (Lipinski definition) is 1. The molecule has 0 aliphatic rings. The zero-order valence-electron chi connectivity index (χ0n) is 10.3. The van der Waals surface area contributed by atoms with E-state index in [0.29, 0.717) is 22.7 Å². The molecule has 1 aromatic rings. The maximum atomic E-state index is 13.0. The second-order valence-electron chi connectivity index (χ2n) is 4.41. The van der Waals surface area contributed by atoms with E-state index in [1.807, 2.05) is 0 Å². The molecule has 0 fully saturated rings. The van der Waals surface area contributed by atoms with Gasteiger partial charge in [0.15, 0.2) is 0 Å². The quantitative estimate of drug-likeness (QED) is 0.777. The van der Waals surface area contributed by atoms with Gasteiger partial charge in [0.25, 0.3) is 0 Å². The third-order valence-corrected chi connectivity index (χ3v) is 2.61. The fraction of sp³-hybridized carbons (Fsp3) is 0.538. The maximum absolute atomic E-state index is 13.0.